The van der Waals surface area contributed by atoms with Gasteiger partial charge in [0, 0.05) is 44.7 Å². The first-order valence-corrected chi connectivity index (χ1v) is 12.4. The van der Waals surface area contributed by atoms with Crippen molar-refractivity contribution < 1.29 is 17.9 Å². The number of sulfonamides is 1. The lowest BCUT2D eigenvalue weighted by molar-refractivity contribution is -0.136. The van der Waals surface area contributed by atoms with Gasteiger partial charge in [-0.05, 0) is 44.7 Å². The summed E-state index contributed by atoms with van der Waals surface area (Å²) in [5.74, 6) is 1.73. The number of nitrogens with one attached hydrogen (secondary N) is 1. The Morgan fingerprint density at radius 3 is 2.65 bits per heavy atom. The van der Waals surface area contributed by atoms with E-state index in [1.165, 1.54) is 17.4 Å². The highest BCUT2D eigenvalue weighted by atomic mass is 32.2. The SMILES string of the molecule is CC(=O)N1CCN(S(=O)(=O)c2cnc(N[C@@H]3C[C@@H]4[C@H]3[C@H]3C=C[C@@H]4O3)cc2C)CC1(C)C. The minimum Gasteiger partial charge on any atom is -0.367 e. The van der Waals surface area contributed by atoms with Crippen LogP contribution in [-0.4, -0.2) is 71.9 Å². The van der Waals surface area contributed by atoms with Gasteiger partial charge in [-0.3, -0.25) is 4.79 Å². The first kappa shape index (κ1) is 20.9. The van der Waals surface area contributed by atoms with Gasteiger partial charge >= 0.3 is 0 Å². The van der Waals surface area contributed by atoms with E-state index < -0.39 is 15.6 Å². The lowest BCUT2D eigenvalue weighted by Crippen LogP contribution is -2.61. The number of amides is 1. The van der Waals surface area contributed by atoms with Gasteiger partial charge in [0.25, 0.3) is 0 Å². The van der Waals surface area contributed by atoms with Crippen molar-refractivity contribution in [3.63, 3.8) is 0 Å². The number of aromatic nitrogens is 1. The number of carbonyl (C=O) groups excluding carboxylic acids is 1. The summed E-state index contributed by atoms with van der Waals surface area (Å²) in [6.45, 7) is 8.06. The van der Waals surface area contributed by atoms with Crippen LogP contribution in [0.4, 0.5) is 5.82 Å². The molecule has 1 aliphatic carbocycles. The van der Waals surface area contributed by atoms with Crippen LogP contribution in [0.3, 0.4) is 0 Å². The molecule has 5 atom stereocenters. The lowest BCUT2D eigenvalue weighted by Gasteiger charge is -2.46. The number of rotatable bonds is 4. The standard InChI is InChI=1S/C22H30N4O4S/c1-13-9-20(24-16-10-15-17-5-6-18(30-17)21(15)16)23-11-19(13)31(28,29)25-7-8-26(14(2)27)22(3,4)12-25/h5-6,9,11,15-18,21H,7-8,10,12H2,1-4H3,(H,23,24)/t15-,16+,17-,18+,21+/m0/s1. The molecular weight excluding hydrogens is 416 g/mol. The Hall–Kier alpha value is -1.97. The normalized spacial score (nSPS) is 33.8. The first-order valence-electron chi connectivity index (χ1n) is 10.9. The Kier molecular flexibility index (Phi) is 4.73. The van der Waals surface area contributed by atoms with E-state index in [1.54, 1.807) is 4.90 Å². The summed E-state index contributed by atoms with van der Waals surface area (Å²) in [6, 6.07) is 2.13. The zero-order valence-corrected chi connectivity index (χ0v) is 19.2. The topological polar surface area (TPSA) is 91.8 Å². The largest absolute Gasteiger partial charge is 0.367 e. The van der Waals surface area contributed by atoms with E-state index in [-0.39, 0.29) is 36.1 Å². The van der Waals surface area contributed by atoms with Gasteiger partial charge in [0.2, 0.25) is 15.9 Å². The van der Waals surface area contributed by atoms with Gasteiger partial charge in [0.1, 0.15) is 10.7 Å². The van der Waals surface area contributed by atoms with Gasteiger partial charge in [-0.25, -0.2) is 13.4 Å². The number of fused-ring (bicyclic) bond motifs is 5. The van der Waals surface area contributed by atoms with E-state index in [0.717, 1.165) is 6.42 Å². The minimum absolute atomic E-state index is 0.0371. The van der Waals surface area contributed by atoms with E-state index in [9.17, 15) is 13.2 Å². The summed E-state index contributed by atoms with van der Waals surface area (Å²) in [5, 5.41) is 3.49. The van der Waals surface area contributed by atoms with Crippen LogP contribution in [0.15, 0.2) is 29.3 Å². The van der Waals surface area contributed by atoms with Gasteiger partial charge in [-0.1, -0.05) is 12.2 Å². The second-order valence-corrected chi connectivity index (χ2v) is 11.7. The van der Waals surface area contributed by atoms with Crippen molar-refractivity contribution in [2.75, 3.05) is 25.0 Å². The number of ether oxygens (including phenoxy) is 1. The monoisotopic (exact) mass is 446 g/mol. The zero-order chi connectivity index (χ0) is 22.1. The van der Waals surface area contributed by atoms with E-state index in [2.05, 4.69) is 22.5 Å². The number of pyridine rings is 1. The van der Waals surface area contributed by atoms with Crippen molar-refractivity contribution in [2.45, 2.75) is 62.8 Å². The molecule has 168 valence electrons. The van der Waals surface area contributed by atoms with Crippen molar-refractivity contribution in [2.24, 2.45) is 11.8 Å². The average Bonchev–Trinajstić information content (AvgIpc) is 3.21. The molecule has 4 aliphatic rings. The van der Waals surface area contributed by atoms with Gasteiger partial charge in [-0.2, -0.15) is 4.31 Å². The molecule has 9 heteroatoms. The number of anilines is 1. The average molecular weight is 447 g/mol. The third-order valence-electron chi connectivity index (χ3n) is 7.35. The third kappa shape index (κ3) is 3.29. The van der Waals surface area contributed by atoms with Gasteiger partial charge < -0.3 is 15.0 Å². The van der Waals surface area contributed by atoms with E-state index >= 15 is 0 Å². The van der Waals surface area contributed by atoms with E-state index in [1.807, 2.05) is 26.8 Å². The summed E-state index contributed by atoms with van der Waals surface area (Å²) >= 11 is 0. The number of carbonyl (C=O) groups is 1. The summed E-state index contributed by atoms with van der Waals surface area (Å²) in [4.78, 5) is 18.3. The molecule has 0 spiro atoms. The molecule has 2 bridgehead atoms. The molecule has 2 saturated heterocycles. The van der Waals surface area contributed by atoms with Crippen LogP contribution in [0.5, 0.6) is 0 Å². The predicted octanol–water partition coefficient (Wildman–Crippen LogP) is 1.78. The fourth-order valence-corrected chi connectivity index (χ4v) is 7.50. The van der Waals surface area contributed by atoms with Crippen LogP contribution >= 0.6 is 0 Å². The summed E-state index contributed by atoms with van der Waals surface area (Å²) in [6.07, 6.45) is 7.29. The van der Waals surface area contributed by atoms with Crippen molar-refractivity contribution in [1.82, 2.24) is 14.2 Å². The molecule has 1 aromatic heterocycles. The van der Waals surface area contributed by atoms with Crippen LogP contribution in [0, 0.1) is 18.8 Å². The Morgan fingerprint density at radius 1 is 1.26 bits per heavy atom. The molecule has 3 fully saturated rings. The molecular formula is C22H30N4O4S. The zero-order valence-electron chi connectivity index (χ0n) is 18.4. The van der Waals surface area contributed by atoms with Crippen molar-refractivity contribution >= 4 is 21.7 Å². The molecule has 1 N–H and O–H groups in total. The Morgan fingerprint density at radius 2 is 2.00 bits per heavy atom. The highest BCUT2D eigenvalue weighted by Crippen LogP contribution is 2.52. The molecule has 4 heterocycles. The van der Waals surface area contributed by atoms with Gasteiger partial charge in [0.15, 0.2) is 0 Å². The number of nitrogens with zero attached hydrogens (tertiary/aromatic N) is 3. The second kappa shape index (κ2) is 7.02. The fraction of sp³-hybridized carbons (Fsp3) is 0.636. The summed E-state index contributed by atoms with van der Waals surface area (Å²) < 4.78 is 34.1. The maximum atomic E-state index is 13.3. The molecule has 0 unspecified atom stereocenters. The predicted molar refractivity (Wildman–Crippen MR) is 116 cm³/mol. The fourth-order valence-electron chi connectivity index (χ4n) is 5.77. The molecule has 0 radical (unpaired) electrons. The maximum Gasteiger partial charge on any atom is 0.245 e. The molecule has 31 heavy (non-hydrogen) atoms. The maximum absolute atomic E-state index is 13.3. The van der Waals surface area contributed by atoms with Crippen molar-refractivity contribution in [3.05, 3.63) is 30.0 Å². The molecule has 3 aliphatic heterocycles. The number of aryl methyl sites for hydroxylation is 1. The Bertz CT molecular complexity index is 1050. The summed E-state index contributed by atoms with van der Waals surface area (Å²) in [7, 11) is -3.69. The first-order chi connectivity index (χ1) is 14.6. The molecule has 5 rings (SSSR count). The van der Waals surface area contributed by atoms with Crippen LogP contribution in [0.25, 0.3) is 0 Å². The number of hydrogen-bond donors (Lipinski definition) is 1. The minimum atomic E-state index is -3.69. The summed E-state index contributed by atoms with van der Waals surface area (Å²) in [5.41, 5.74) is 0.113. The number of hydrogen-bond acceptors (Lipinski definition) is 6. The third-order valence-corrected chi connectivity index (χ3v) is 9.33. The molecule has 8 nitrogen and oxygen atoms in total. The molecule has 1 amide bonds. The van der Waals surface area contributed by atoms with Crippen LogP contribution in [0.2, 0.25) is 0 Å². The van der Waals surface area contributed by atoms with Crippen molar-refractivity contribution in [3.8, 4) is 0 Å². The van der Waals surface area contributed by atoms with E-state index in [4.69, 9.17) is 4.74 Å². The molecule has 0 aromatic carbocycles. The van der Waals surface area contributed by atoms with Gasteiger partial charge in [0.05, 0.1) is 17.7 Å². The highest BCUT2D eigenvalue weighted by molar-refractivity contribution is 7.89. The lowest BCUT2D eigenvalue weighted by atomic mass is 9.64. The number of piperazine rings is 1. The highest BCUT2D eigenvalue weighted by Gasteiger charge is 2.56. The van der Waals surface area contributed by atoms with Crippen LogP contribution < -0.4 is 5.32 Å². The second-order valence-electron chi connectivity index (χ2n) is 9.83. The molecule has 1 aromatic rings. The Labute approximate surface area is 183 Å². The quantitative estimate of drug-likeness (QED) is 0.709. The smallest absolute Gasteiger partial charge is 0.245 e. The van der Waals surface area contributed by atoms with Crippen molar-refractivity contribution in [1.29, 1.82) is 0 Å². The van der Waals surface area contributed by atoms with Gasteiger partial charge in [-0.15, -0.1) is 0 Å². The van der Waals surface area contributed by atoms with Crippen LogP contribution in [-0.2, 0) is 19.6 Å². The van der Waals surface area contributed by atoms with E-state index in [0.29, 0.717) is 35.8 Å². The van der Waals surface area contributed by atoms with Crippen LogP contribution in [0.1, 0.15) is 32.8 Å². The molecule has 1 saturated carbocycles. The Balaban J connectivity index is 1.31.